The van der Waals surface area contributed by atoms with Crippen molar-refractivity contribution in [3.8, 4) is 17.1 Å². The van der Waals surface area contributed by atoms with Crippen LogP contribution >= 0.6 is 0 Å². The number of alkyl halides is 3. The summed E-state index contributed by atoms with van der Waals surface area (Å²) in [5, 5.41) is 6.80. The zero-order chi connectivity index (χ0) is 24.6. The van der Waals surface area contributed by atoms with Crippen LogP contribution < -0.4 is 10.9 Å². The molecule has 3 heterocycles. The minimum atomic E-state index is -4.71. The SMILES string of the molecule is Cc1nn(-c2nc(C)c(-c3cncnc3)c(=O)[nH]2)c(NC(=O)c2ccccc2C(F)(F)F)c1C. The molecular weight excluding hydrogens is 451 g/mol. The summed E-state index contributed by atoms with van der Waals surface area (Å²) in [5.74, 6) is -0.911. The average Bonchev–Trinajstić information content (AvgIpc) is 3.07. The molecule has 3 aromatic heterocycles. The number of benzene rings is 1. The van der Waals surface area contributed by atoms with E-state index in [1.54, 1.807) is 20.8 Å². The summed E-state index contributed by atoms with van der Waals surface area (Å²) >= 11 is 0. The molecule has 1 amide bonds. The first kappa shape index (κ1) is 22.8. The lowest BCUT2D eigenvalue weighted by Crippen LogP contribution is -2.22. The van der Waals surface area contributed by atoms with Crippen LogP contribution in [0, 0.1) is 20.8 Å². The molecule has 0 aliphatic heterocycles. The second-order valence-corrected chi connectivity index (χ2v) is 7.45. The van der Waals surface area contributed by atoms with Crippen LogP contribution in [0.2, 0.25) is 0 Å². The van der Waals surface area contributed by atoms with Crippen molar-refractivity contribution < 1.29 is 18.0 Å². The van der Waals surface area contributed by atoms with Gasteiger partial charge in [0.25, 0.3) is 11.5 Å². The summed E-state index contributed by atoms with van der Waals surface area (Å²) in [6, 6.07) is 4.46. The Bertz CT molecular complexity index is 1440. The van der Waals surface area contributed by atoms with Gasteiger partial charge in [-0.1, -0.05) is 12.1 Å². The zero-order valence-corrected chi connectivity index (χ0v) is 18.2. The van der Waals surface area contributed by atoms with E-state index in [1.807, 2.05) is 0 Å². The second-order valence-electron chi connectivity index (χ2n) is 7.45. The number of amides is 1. The molecule has 0 bridgehead atoms. The van der Waals surface area contributed by atoms with E-state index < -0.39 is 28.8 Å². The Kier molecular flexibility index (Phi) is 5.73. The number of nitrogens with one attached hydrogen (secondary N) is 2. The normalized spacial score (nSPS) is 11.5. The lowest BCUT2D eigenvalue weighted by atomic mass is 10.1. The van der Waals surface area contributed by atoms with Crippen molar-refractivity contribution in [3.63, 3.8) is 0 Å². The summed E-state index contributed by atoms with van der Waals surface area (Å²) in [6.45, 7) is 4.92. The largest absolute Gasteiger partial charge is 0.417 e. The Morgan fingerprint density at radius 3 is 2.38 bits per heavy atom. The summed E-state index contributed by atoms with van der Waals surface area (Å²) in [6.07, 6.45) is -0.439. The highest BCUT2D eigenvalue weighted by molar-refractivity contribution is 6.05. The third kappa shape index (κ3) is 4.17. The molecule has 0 atom stereocenters. The van der Waals surface area contributed by atoms with Crippen molar-refractivity contribution in [2.75, 3.05) is 5.32 Å². The third-order valence-electron chi connectivity index (χ3n) is 5.21. The minimum Gasteiger partial charge on any atom is -0.306 e. The minimum absolute atomic E-state index is 0.0151. The third-order valence-corrected chi connectivity index (χ3v) is 5.21. The second kappa shape index (κ2) is 8.54. The Morgan fingerprint density at radius 2 is 1.74 bits per heavy atom. The van der Waals surface area contributed by atoms with Crippen LogP contribution in [0.1, 0.15) is 32.9 Å². The van der Waals surface area contributed by atoms with Gasteiger partial charge in [0.05, 0.1) is 28.1 Å². The molecule has 2 N–H and O–H groups in total. The maximum absolute atomic E-state index is 13.4. The lowest BCUT2D eigenvalue weighted by molar-refractivity contribution is -0.137. The molecule has 174 valence electrons. The van der Waals surface area contributed by atoms with Gasteiger partial charge in [0.15, 0.2) is 0 Å². The molecule has 0 unspecified atom stereocenters. The van der Waals surface area contributed by atoms with Crippen LogP contribution in [0.4, 0.5) is 19.0 Å². The van der Waals surface area contributed by atoms with E-state index in [-0.39, 0.29) is 17.3 Å². The van der Waals surface area contributed by atoms with E-state index in [1.165, 1.54) is 35.5 Å². The van der Waals surface area contributed by atoms with Crippen molar-refractivity contribution in [2.45, 2.75) is 26.9 Å². The predicted molar refractivity (Wildman–Crippen MR) is 117 cm³/mol. The topological polar surface area (TPSA) is 118 Å². The fourth-order valence-corrected chi connectivity index (χ4v) is 3.45. The van der Waals surface area contributed by atoms with Crippen LogP contribution in [0.5, 0.6) is 0 Å². The van der Waals surface area contributed by atoms with Crippen molar-refractivity contribution >= 4 is 11.7 Å². The first-order valence-corrected chi connectivity index (χ1v) is 9.98. The van der Waals surface area contributed by atoms with Crippen LogP contribution in [-0.4, -0.2) is 35.6 Å². The highest BCUT2D eigenvalue weighted by atomic mass is 19.4. The van der Waals surface area contributed by atoms with Gasteiger partial charge in [-0.15, -0.1) is 0 Å². The van der Waals surface area contributed by atoms with Gasteiger partial charge in [-0.3, -0.25) is 14.6 Å². The highest BCUT2D eigenvalue weighted by Gasteiger charge is 2.35. The number of aryl methyl sites for hydroxylation is 2. The average molecular weight is 469 g/mol. The number of rotatable bonds is 4. The molecule has 0 fully saturated rings. The first-order chi connectivity index (χ1) is 16.1. The molecule has 0 saturated heterocycles. The number of aromatic nitrogens is 6. The number of halogens is 3. The molecule has 1 aromatic carbocycles. The van der Waals surface area contributed by atoms with Crippen molar-refractivity contribution in [3.05, 3.63) is 81.4 Å². The van der Waals surface area contributed by atoms with Crippen molar-refractivity contribution in [1.29, 1.82) is 0 Å². The molecule has 0 spiro atoms. The molecule has 9 nitrogen and oxygen atoms in total. The van der Waals surface area contributed by atoms with Gasteiger partial charge in [0, 0.05) is 23.5 Å². The van der Waals surface area contributed by atoms with Crippen molar-refractivity contribution in [1.82, 2.24) is 29.7 Å². The Labute approximate surface area is 190 Å². The van der Waals surface area contributed by atoms with Gasteiger partial charge in [-0.25, -0.2) is 15.0 Å². The fourth-order valence-electron chi connectivity index (χ4n) is 3.45. The summed E-state index contributed by atoms with van der Waals surface area (Å²) in [4.78, 5) is 40.5. The maximum atomic E-state index is 13.4. The molecule has 34 heavy (non-hydrogen) atoms. The standard InChI is InChI=1S/C22H18F3N7O2/c1-11-12(2)31-32(18(11)29-19(33)15-6-4-5-7-16(15)22(23,24)25)21-28-13(3)17(20(34)30-21)14-8-26-10-27-9-14/h4-10H,1-3H3,(H,29,33)(H,28,30,34). The van der Waals surface area contributed by atoms with Crippen LogP contribution in [-0.2, 0) is 6.18 Å². The molecule has 12 heteroatoms. The quantitative estimate of drug-likeness (QED) is 0.471. The Balaban J connectivity index is 1.78. The number of hydrogen-bond acceptors (Lipinski definition) is 6. The van der Waals surface area contributed by atoms with E-state index >= 15 is 0 Å². The molecule has 0 aliphatic carbocycles. The Morgan fingerprint density at radius 1 is 1.06 bits per heavy atom. The zero-order valence-electron chi connectivity index (χ0n) is 18.2. The fraction of sp³-hybridized carbons (Fsp3) is 0.182. The molecule has 0 saturated carbocycles. The smallest absolute Gasteiger partial charge is 0.306 e. The molecule has 0 radical (unpaired) electrons. The molecular formula is C22H18F3N7O2. The van der Waals surface area contributed by atoms with Crippen LogP contribution in [0.25, 0.3) is 17.1 Å². The van der Waals surface area contributed by atoms with E-state index in [2.05, 4.69) is 30.4 Å². The monoisotopic (exact) mass is 469 g/mol. The number of carbonyl (C=O) groups is 1. The summed E-state index contributed by atoms with van der Waals surface area (Å²) < 4.78 is 41.3. The number of aromatic amines is 1. The molecule has 0 aliphatic rings. The molecule has 4 rings (SSSR count). The van der Waals surface area contributed by atoms with Crippen LogP contribution in [0.15, 0.2) is 47.8 Å². The predicted octanol–water partition coefficient (Wildman–Crippen LogP) is 3.61. The summed E-state index contributed by atoms with van der Waals surface area (Å²) in [5.41, 5.74) is -0.0533. The van der Waals surface area contributed by atoms with Gasteiger partial charge in [0.2, 0.25) is 5.95 Å². The van der Waals surface area contributed by atoms with E-state index in [0.717, 1.165) is 12.1 Å². The maximum Gasteiger partial charge on any atom is 0.417 e. The highest BCUT2D eigenvalue weighted by Crippen LogP contribution is 2.32. The molecule has 4 aromatic rings. The lowest BCUT2D eigenvalue weighted by Gasteiger charge is -2.14. The number of hydrogen-bond donors (Lipinski definition) is 2. The number of nitrogens with zero attached hydrogens (tertiary/aromatic N) is 5. The van der Waals surface area contributed by atoms with Gasteiger partial charge < -0.3 is 5.32 Å². The van der Waals surface area contributed by atoms with Crippen molar-refractivity contribution in [2.24, 2.45) is 0 Å². The van der Waals surface area contributed by atoms with E-state index in [4.69, 9.17) is 0 Å². The number of carbonyl (C=O) groups excluding carboxylic acids is 1. The van der Waals surface area contributed by atoms with Gasteiger partial charge >= 0.3 is 6.18 Å². The van der Waals surface area contributed by atoms with Crippen LogP contribution in [0.3, 0.4) is 0 Å². The number of H-pyrrole nitrogens is 1. The van der Waals surface area contributed by atoms with Gasteiger partial charge in [-0.2, -0.15) is 23.0 Å². The van der Waals surface area contributed by atoms with E-state index in [9.17, 15) is 22.8 Å². The van der Waals surface area contributed by atoms with E-state index in [0.29, 0.717) is 22.5 Å². The first-order valence-electron chi connectivity index (χ1n) is 9.98. The Hall–Kier alpha value is -4.35. The van der Waals surface area contributed by atoms with Gasteiger partial charge in [0.1, 0.15) is 12.1 Å². The summed E-state index contributed by atoms with van der Waals surface area (Å²) in [7, 11) is 0. The number of anilines is 1. The van der Waals surface area contributed by atoms with Gasteiger partial charge in [-0.05, 0) is 32.9 Å².